The number of anilines is 3. The molecule has 0 radical (unpaired) electrons. The van der Waals surface area contributed by atoms with Crippen LogP contribution in [0.1, 0.15) is 30.1 Å². The van der Waals surface area contributed by atoms with E-state index in [1.165, 1.54) is 6.92 Å². The maximum absolute atomic E-state index is 12.5. The molecule has 0 aliphatic carbocycles. The Morgan fingerprint density at radius 2 is 1.82 bits per heavy atom. The highest BCUT2D eigenvalue weighted by Crippen LogP contribution is 2.26. The van der Waals surface area contributed by atoms with Gasteiger partial charge in [-0.05, 0) is 49.2 Å². The fraction of sp³-hybridized carbons (Fsp3) is 0.250. The molecule has 0 aromatic heterocycles. The number of hydrogen-bond acceptors (Lipinski definition) is 4. The van der Waals surface area contributed by atoms with Crippen molar-refractivity contribution in [1.82, 2.24) is 0 Å². The average Bonchev–Trinajstić information content (AvgIpc) is 3.18. The van der Waals surface area contributed by atoms with E-state index >= 15 is 0 Å². The van der Waals surface area contributed by atoms with Crippen molar-refractivity contribution < 1.29 is 19.1 Å². The third-order valence-corrected chi connectivity index (χ3v) is 4.46. The summed E-state index contributed by atoms with van der Waals surface area (Å²) in [5.74, 6) is -0.802. The van der Waals surface area contributed by atoms with Crippen LogP contribution in [0.3, 0.4) is 0 Å². The summed E-state index contributed by atoms with van der Waals surface area (Å²) in [6.45, 7) is 1.98. The van der Waals surface area contributed by atoms with Gasteiger partial charge >= 0.3 is 0 Å². The fourth-order valence-electron chi connectivity index (χ4n) is 2.84. The quantitative estimate of drug-likeness (QED) is 0.712. The number of amides is 3. The SMILES string of the molecule is CC(=O)Nc1ccc(NC(=O)c2cccc(NC(=O)C3CCCO3)c2)c(Cl)c1. The predicted octanol–water partition coefficient (Wildman–Crippen LogP) is 3.67. The number of halogens is 1. The van der Waals surface area contributed by atoms with Crippen molar-refractivity contribution >= 4 is 46.4 Å². The smallest absolute Gasteiger partial charge is 0.255 e. The van der Waals surface area contributed by atoms with Crippen molar-refractivity contribution in [2.75, 3.05) is 22.6 Å². The van der Waals surface area contributed by atoms with E-state index in [0.29, 0.717) is 40.7 Å². The van der Waals surface area contributed by atoms with Crippen LogP contribution in [-0.2, 0) is 14.3 Å². The Morgan fingerprint density at radius 3 is 2.50 bits per heavy atom. The zero-order chi connectivity index (χ0) is 20.1. The molecular weight excluding hydrogens is 382 g/mol. The summed E-state index contributed by atoms with van der Waals surface area (Å²) < 4.78 is 5.36. The van der Waals surface area contributed by atoms with Gasteiger partial charge in [-0.1, -0.05) is 17.7 Å². The molecule has 1 atom stereocenters. The van der Waals surface area contributed by atoms with Gasteiger partial charge in [0.15, 0.2) is 0 Å². The number of benzene rings is 2. The molecular formula is C20H20ClN3O4. The van der Waals surface area contributed by atoms with Crippen LogP contribution in [-0.4, -0.2) is 30.4 Å². The summed E-state index contributed by atoms with van der Waals surface area (Å²) in [7, 11) is 0. The second-order valence-electron chi connectivity index (χ2n) is 6.40. The van der Waals surface area contributed by atoms with Crippen LogP contribution in [0.4, 0.5) is 17.1 Å². The van der Waals surface area contributed by atoms with Crippen molar-refractivity contribution in [2.24, 2.45) is 0 Å². The Balaban J connectivity index is 1.67. The molecule has 3 amide bonds. The third kappa shape index (κ3) is 5.09. The Labute approximate surface area is 167 Å². The molecule has 1 saturated heterocycles. The zero-order valence-electron chi connectivity index (χ0n) is 15.3. The highest BCUT2D eigenvalue weighted by Gasteiger charge is 2.23. The molecule has 1 unspecified atom stereocenters. The lowest BCUT2D eigenvalue weighted by Gasteiger charge is -2.12. The van der Waals surface area contributed by atoms with E-state index in [4.69, 9.17) is 16.3 Å². The minimum Gasteiger partial charge on any atom is -0.368 e. The molecule has 1 fully saturated rings. The van der Waals surface area contributed by atoms with Gasteiger partial charge in [0.1, 0.15) is 6.10 Å². The molecule has 2 aromatic carbocycles. The van der Waals surface area contributed by atoms with Crippen LogP contribution in [0.2, 0.25) is 5.02 Å². The number of rotatable bonds is 5. The maximum Gasteiger partial charge on any atom is 0.255 e. The van der Waals surface area contributed by atoms with Crippen LogP contribution >= 0.6 is 11.6 Å². The van der Waals surface area contributed by atoms with E-state index in [1.54, 1.807) is 42.5 Å². The first-order valence-electron chi connectivity index (χ1n) is 8.83. The molecule has 146 valence electrons. The average molecular weight is 402 g/mol. The summed E-state index contributed by atoms with van der Waals surface area (Å²) in [5, 5.41) is 8.41. The maximum atomic E-state index is 12.5. The second kappa shape index (κ2) is 8.86. The van der Waals surface area contributed by atoms with Gasteiger partial charge in [0.05, 0.1) is 10.7 Å². The Bertz CT molecular complexity index is 910. The van der Waals surface area contributed by atoms with Crippen LogP contribution in [0.5, 0.6) is 0 Å². The lowest BCUT2D eigenvalue weighted by molar-refractivity contribution is -0.124. The highest BCUT2D eigenvalue weighted by molar-refractivity contribution is 6.34. The van der Waals surface area contributed by atoms with Crippen LogP contribution in [0, 0.1) is 0 Å². The van der Waals surface area contributed by atoms with Crippen molar-refractivity contribution in [1.29, 1.82) is 0 Å². The molecule has 8 heteroatoms. The topological polar surface area (TPSA) is 96.5 Å². The van der Waals surface area contributed by atoms with Gasteiger partial charge in [0.25, 0.3) is 11.8 Å². The van der Waals surface area contributed by atoms with E-state index in [0.717, 1.165) is 6.42 Å². The largest absolute Gasteiger partial charge is 0.368 e. The van der Waals surface area contributed by atoms with Gasteiger partial charge in [-0.25, -0.2) is 0 Å². The molecule has 1 aliphatic rings. The number of carbonyl (C=O) groups is 3. The third-order valence-electron chi connectivity index (χ3n) is 4.15. The standard InChI is InChI=1S/C20H20ClN3O4/c1-12(25)22-15-7-8-17(16(21)11-15)24-19(26)13-4-2-5-14(10-13)23-20(27)18-6-3-9-28-18/h2,4-5,7-8,10-11,18H,3,6,9H2,1H3,(H,22,25)(H,23,27)(H,24,26). The monoisotopic (exact) mass is 401 g/mol. The first-order chi connectivity index (χ1) is 13.4. The number of carbonyl (C=O) groups excluding carboxylic acids is 3. The molecule has 0 bridgehead atoms. The number of hydrogen-bond donors (Lipinski definition) is 3. The summed E-state index contributed by atoms with van der Waals surface area (Å²) >= 11 is 6.18. The van der Waals surface area contributed by atoms with Crippen LogP contribution < -0.4 is 16.0 Å². The molecule has 0 saturated carbocycles. The lowest BCUT2D eigenvalue weighted by Crippen LogP contribution is -2.27. The Morgan fingerprint density at radius 1 is 1.04 bits per heavy atom. The van der Waals surface area contributed by atoms with Gasteiger partial charge in [-0.3, -0.25) is 14.4 Å². The Hall–Kier alpha value is -2.90. The Kier molecular flexibility index (Phi) is 6.28. The normalized spacial score (nSPS) is 15.7. The van der Waals surface area contributed by atoms with Crippen molar-refractivity contribution in [3.63, 3.8) is 0 Å². The minimum absolute atomic E-state index is 0.213. The summed E-state index contributed by atoms with van der Waals surface area (Å²) in [6, 6.07) is 11.4. The second-order valence-corrected chi connectivity index (χ2v) is 6.81. The zero-order valence-corrected chi connectivity index (χ0v) is 16.0. The van der Waals surface area contributed by atoms with Gasteiger partial charge in [-0.15, -0.1) is 0 Å². The van der Waals surface area contributed by atoms with Crippen LogP contribution in [0.25, 0.3) is 0 Å². The summed E-state index contributed by atoms with van der Waals surface area (Å²) in [5.41, 5.74) is 1.83. The van der Waals surface area contributed by atoms with E-state index in [-0.39, 0.29) is 17.7 Å². The van der Waals surface area contributed by atoms with Crippen molar-refractivity contribution in [2.45, 2.75) is 25.9 Å². The van der Waals surface area contributed by atoms with Gasteiger partial charge in [0.2, 0.25) is 5.91 Å². The minimum atomic E-state index is -0.446. The van der Waals surface area contributed by atoms with Gasteiger partial charge in [0, 0.05) is 30.5 Å². The fourth-order valence-corrected chi connectivity index (χ4v) is 3.07. The molecule has 3 N–H and O–H groups in total. The molecule has 1 heterocycles. The predicted molar refractivity (Wildman–Crippen MR) is 108 cm³/mol. The first kappa shape index (κ1) is 19.9. The highest BCUT2D eigenvalue weighted by atomic mass is 35.5. The number of nitrogens with one attached hydrogen (secondary N) is 3. The summed E-state index contributed by atoms with van der Waals surface area (Å²) in [6.07, 6.45) is 1.11. The lowest BCUT2D eigenvalue weighted by atomic mass is 10.1. The molecule has 1 aliphatic heterocycles. The van der Waals surface area contributed by atoms with E-state index in [2.05, 4.69) is 16.0 Å². The summed E-state index contributed by atoms with van der Waals surface area (Å²) in [4.78, 5) is 35.8. The molecule has 7 nitrogen and oxygen atoms in total. The van der Waals surface area contributed by atoms with E-state index in [9.17, 15) is 14.4 Å². The molecule has 2 aromatic rings. The molecule has 28 heavy (non-hydrogen) atoms. The van der Waals surface area contributed by atoms with Crippen LogP contribution in [0.15, 0.2) is 42.5 Å². The van der Waals surface area contributed by atoms with E-state index in [1.807, 2.05) is 0 Å². The first-order valence-corrected chi connectivity index (χ1v) is 9.21. The van der Waals surface area contributed by atoms with E-state index < -0.39 is 6.10 Å². The molecule has 0 spiro atoms. The van der Waals surface area contributed by atoms with Gasteiger partial charge in [-0.2, -0.15) is 0 Å². The van der Waals surface area contributed by atoms with Crippen molar-refractivity contribution in [3.8, 4) is 0 Å². The van der Waals surface area contributed by atoms with Gasteiger partial charge < -0.3 is 20.7 Å². The number of ether oxygens (including phenoxy) is 1. The van der Waals surface area contributed by atoms with Crippen molar-refractivity contribution in [3.05, 3.63) is 53.1 Å². The molecule has 3 rings (SSSR count).